The van der Waals surface area contributed by atoms with Crippen molar-refractivity contribution in [3.8, 4) is 0 Å². The lowest BCUT2D eigenvalue weighted by molar-refractivity contribution is -0.115. The predicted octanol–water partition coefficient (Wildman–Crippen LogP) is 2.69. The van der Waals surface area contributed by atoms with Crippen LogP contribution in [-0.2, 0) is 4.79 Å². The standard InChI is InChI=1S/C15H23FN4OS.HI/c1-17-15(18-8-3-4-9-22-2)19-11-14(21)20-13-7-5-6-12(16)10-13;/h5-7,10H,3-4,8-9,11H2,1-2H3,(H,20,21)(H2,17,18,19);1H. The molecule has 130 valence electrons. The Balaban J connectivity index is 0.00000484. The summed E-state index contributed by atoms with van der Waals surface area (Å²) in [6.07, 6.45) is 4.29. The van der Waals surface area contributed by atoms with Crippen LogP contribution >= 0.6 is 35.7 Å². The third kappa shape index (κ3) is 10.4. The zero-order valence-electron chi connectivity index (χ0n) is 13.4. The van der Waals surface area contributed by atoms with Crippen LogP contribution in [0.4, 0.5) is 10.1 Å². The number of rotatable bonds is 8. The van der Waals surface area contributed by atoms with Crippen molar-refractivity contribution in [2.75, 3.05) is 37.5 Å². The van der Waals surface area contributed by atoms with Crippen LogP contribution in [0.3, 0.4) is 0 Å². The van der Waals surface area contributed by atoms with Crippen molar-refractivity contribution in [2.24, 2.45) is 4.99 Å². The van der Waals surface area contributed by atoms with Crippen LogP contribution in [0.25, 0.3) is 0 Å². The number of aliphatic imine (C=N–C) groups is 1. The molecule has 0 aliphatic carbocycles. The maximum absolute atomic E-state index is 13.0. The number of benzene rings is 1. The Kier molecular flexibility index (Phi) is 12.8. The van der Waals surface area contributed by atoms with Crippen molar-refractivity contribution in [1.29, 1.82) is 0 Å². The summed E-state index contributed by atoms with van der Waals surface area (Å²) < 4.78 is 13.0. The minimum absolute atomic E-state index is 0. The monoisotopic (exact) mass is 454 g/mol. The van der Waals surface area contributed by atoms with Crippen molar-refractivity contribution < 1.29 is 9.18 Å². The van der Waals surface area contributed by atoms with Gasteiger partial charge in [0.1, 0.15) is 5.82 Å². The fourth-order valence-electron chi connectivity index (χ4n) is 1.73. The maximum atomic E-state index is 13.0. The number of nitrogens with zero attached hydrogens (tertiary/aromatic N) is 1. The number of amides is 1. The molecule has 3 N–H and O–H groups in total. The highest BCUT2D eigenvalue weighted by molar-refractivity contribution is 14.0. The number of guanidine groups is 1. The van der Waals surface area contributed by atoms with Crippen molar-refractivity contribution in [1.82, 2.24) is 10.6 Å². The number of unbranched alkanes of at least 4 members (excludes halogenated alkanes) is 1. The van der Waals surface area contributed by atoms with E-state index in [1.807, 2.05) is 11.8 Å². The number of nitrogens with one attached hydrogen (secondary N) is 3. The second kappa shape index (κ2) is 13.4. The first kappa shape index (κ1) is 22.0. The van der Waals surface area contributed by atoms with Gasteiger partial charge in [-0.25, -0.2) is 4.39 Å². The molecule has 0 saturated carbocycles. The second-order valence-electron chi connectivity index (χ2n) is 4.61. The topological polar surface area (TPSA) is 65.5 Å². The van der Waals surface area contributed by atoms with Crippen LogP contribution in [0.15, 0.2) is 29.3 Å². The minimum atomic E-state index is -0.381. The number of hydrogen-bond acceptors (Lipinski definition) is 3. The molecule has 0 spiro atoms. The zero-order valence-corrected chi connectivity index (χ0v) is 16.5. The van der Waals surface area contributed by atoms with Crippen molar-refractivity contribution in [3.63, 3.8) is 0 Å². The number of carbonyl (C=O) groups excluding carboxylic acids is 1. The normalized spacial score (nSPS) is 10.7. The van der Waals surface area contributed by atoms with Gasteiger partial charge in [-0.2, -0.15) is 11.8 Å². The highest BCUT2D eigenvalue weighted by Crippen LogP contribution is 2.08. The molecule has 0 heterocycles. The molecule has 0 saturated heterocycles. The molecular weight excluding hydrogens is 430 g/mol. The number of anilines is 1. The van der Waals surface area contributed by atoms with E-state index in [0.29, 0.717) is 11.6 Å². The lowest BCUT2D eigenvalue weighted by atomic mass is 10.3. The molecule has 8 heteroatoms. The van der Waals surface area contributed by atoms with Gasteiger partial charge in [-0.05, 0) is 43.0 Å². The van der Waals surface area contributed by atoms with E-state index in [2.05, 4.69) is 27.2 Å². The summed E-state index contributed by atoms with van der Waals surface area (Å²) in [6.45, 7) is 0.882. The molecule has 1 aromatic rings. The molecule has 1 aromatic carbocycles. The van der Waals surface area contributed by atoms with Crippen LogP contribution in [0, 0.1) is 5.82 Å². The number of hydrogen-bond donors (Lipinski definition) is 3. The Morgan fingerprint density at radius 3 is 2.74 bits per heavy atom. The van der Waals surface area contributed by atoms with E-state index in [0.717, 1.165) is 25.1 Å². The summed E-state index contributed by atoms with van der Waals surface area (Å²) in [5, 5.41) is 8.69. The molecule has 23 heavy (non-hydrogen) atoms. The van der Waals surface area contributed by atoms with Gasteiger partial charge < -0.3 is 16.0 Å². The molecular formula is C15H24FIN4OS. The summed E-state index contributed by atoms with van der Waals surface area (Å²) >= 11 is 1.83. The Morgan fingerprint density at radius 1 is 1.30 bits per heavy atom. The molecule has 1 amide bonds. The minimum Gasteiger partial charge on any atom is -0.356 e. The quantitative estimate of drug-likeness (QED) is 0.245. The van der Waals surface area contributed by atoms with Crippen LogP contribution < -0.4 is 16.0 Å². The lowest BCUT2D eigenvalue weighted by Crippen LogP contribution is -2.41. The Morgan fingerprint density at radius 2 is 2.09 bits per heavy atom. The average molecular weight is 454 g/mol. The third-order valence-electron chi connectivity index (χ3n) is 2.82. The number of halogens is 2. The van der Waals surface area contributed by atoms with E-state index in [9.17, 15) is 9.18 Å². The Bertz CT molecular complexity index is 502. The lowest BCUT2D eigenvalue weighted by Gasteiger charge is -2.12. The van der Waals surface area contributed by atoms with Crippen LogP contribution in [0.5, 0.6) is 0 Å². The SMILES string of the molecule is CN=C(NCCCCSC)NCC(=O)Nc1cccc(F)c1.I. The molecule has 1 rings (SSSR count). The smallest absolute Gasteiger partial charge is 0.243 e. The molecule has 0 fully saturated rings. The van der Waals surface area contributed by atoms with E-state index in [1.165, 1.54) is 12.1 Å². The van der Waals surface area contributed by atoms with Crippen LogP contribution in [0.1, 0.15) is 12.8 Å². The summed E-state index contributed by atoms with van der Waals surface area (Å²) in [6, 6.07) is 5.79. The summed E-state index contributed by atoms with van der Waals surface area (Å²) in [4.78, 5) is 15.8. The summed E-state index contributed by atoms with van der Waals surface area (Å²) in [7, 11) is 1.65. The van der Waals surface area contributed by atoms with Crippen molar-refractivity contribution in [2.45, 2.75) is 12.8 Å². The number of carbonyl (C=O) groups is 1. The van der Waals surface area contributed by atoms with E-state index < -0.39 is 0 Å². The first-order chi connectivity index (χ1) is 10.7. The third-order valence-corrected chi connectivity index (χ3v) is 3.51. The first-order valence-corrected chi connectivity index (χ1v) is 8.54. The largest absolute Gasteiger partial charge is 0.356 e. The van der Waals surface area contributed by atoms with Crippen LogP contribution in [-0.4, -0.2) is 44.0 Å². The van der Waals surface area contributed by atoms with Gasteiger partial charge in [0.05, 0.1) is 6.54 Å². The average Bonchev–Trinajstić information content (AvgIpc) is 2.50. The molecule has 0 unspecified atom stereocenters. The zero-order chi connectivity index (χ0) is 16.2. The van der Waals surface area contributed by atoms with Gasteiger partial charge in [-0.1, -0.05) is 6.07 Å². The maximum Gasteiger partial charge on any atom is 0.243 e. The van der Waals surface area contributed by atoms with Gasteiger partial charge >= 0.3 is 0 Å². The van der Waals surface area contributed by atoms with Gasteiger partial charge in [0.15, 0.2) is 5.96 Å². The van der Waals surface area contributed by atoms with Gasteiger partial charge in [0.2, 0.25) is 5.91 Å². The van der Waals surface area contributed by atoms with Gasteiger partial charge in [0, 0.05) is 19.3 Å². The van der Waals surface area contributed by atoms with Crippen LogP contribution in [0.2, 0.25) is 0 Å². The molecule has 0 bridgehead atoms. The molecule has 0 aliphatic heterocycles. The van der Waals surface area contributed by atoms with E-state index in [4.69, 9.17) is 0 Å². The van der Waals surface area contributed by atoms with E-state index in [-0.39, 0.29) is 42.2 Å². The first-order valence-electron chi connectivity index (χ1n) is 7.14. The highest BCUT2D eigenvalue weighted by atomic mass is 127. The molecule has 0 aliphatic rings. The van der Waals surface area contributed by atoms with Gasteiger partial charge in [-0.3, -0.25) is 9.79 Å². The van der Waals surface area contributed by atoms with Gasteiger partial charge in [0.25, 0.3) is 0 Å². The summed E-state index contributed by atoms with van der Waals surface area (Å²) in [5.41, 5.74) is 0.437. The van der Waals surface area contributed by atoms with Crippen molar-refractivity contribution >= 4 is 53.3 Å². The molecule has 5 nitrogen and oxygen atoms in total. The van der Waals surface area contributed by atoms with E-state index in [1.54, 1.807) is 19.2 Å². The number of thioether (sulfide) groups is 1. The van der Waals surface area contributed by atoms with Gasteiger partial charge in [-0.15, -0.1) is 24.0 Å². The second-order valence-corrected chi connectivity index (χ2v) is 5.60. The summed E-state index contributed by atoms with van der Waals surface area (Å²) in [5.74, 6) is 1.09. The van der Waals surface area contributed by atoms with Crippen molar-refractivity contribution in [3.05, 3.63) is 30.1 Å². The van der Waals surface area contributed by atoms with E-state index >= 15 is 0 Å². The highest BCUT2D eigenvalue weighted by Gasteiger charge is 2.04. The fraction of sp³-hybridized carbons (Fsp3) is 0.467. The Labute approximate surface area is 158 Å². The molecule has 0 atom stereocenters. The fourth-order valence-corrected chi connectivity index (χ4v) is 2.23. The predicted molar refractivity (Wildman–Crippen MR) is 107 cm³/mol. The molecule has 0 radical (unpaired) electrons. The Hall–Kier alpha value is -1.03. The molecule has 0 aromatic heterocycles.